The second-order valence-electron chi connectivity index (χ2n) is 10.9. The van der Waals surface area contributed by atoms with Crippen LogP contribution >= 0.6 is 0 Å². The molecule has 212 valence electrons. The van der Waals surface area contributed by atoms with E-state index in [2.05, 4.69) is 35.0 Å². The highest BCUT2D eigenvalue weighted by Crippen LogP contribution is 2.18. The van der Waals surface area contributed by atoms with Crippen LogP contribution in [0.5, 0.6) is 0 Å². The lowest BCUT2D eigenvalue weighted by Gasteiger charge is -2.10. The summed E-state index contributed by atoms with van der Waals surface area (Å²) in [6.07, 6.45) is 25.5. The molecule has 0 aliphatic heterocycles. The van der Waals surface area contributed by atoms with E-state index in [4.69, 9.17) is 4.98 Å². The molecular formula is C35H51N3O. The first-order chi connectivity index (χ1) is 19.3. The van der Waals surface area contributed by atoms with Gasteiger partial charge in [-0.3, -0.25) is 4.79 Å². The van der Waals surface area contributed by atoms with E-state index in [0.717, 1.165) is 35.4 Å². The Morgan fingerprint density at radius 1 is 0.718 bits per heavy atom. The molecule has 0 atom stereocenters. The Bertz CT molecular complexity index is 1090. The third-order valence-corrected chi connectivity index (χ3v) is 7.62. The van der Waals surface area contributed by atoms with Crippen molar-refractivity contribution in [3.63, 3.8) is 0 Å². The molecule has 3 aromatic rings. The van der Waals surface area contributed by atoms with E-state index >= 15 is 0 Å². The highest BCUT2D eigenvalue weighted by Gasteiger charge is 2.11. The molecule has 0 fully saturated rings. The smallest absolute Gasteiger partial charge is 0.244 e. The number of nitrogens with zero attached hydrogens (tertiary/aromatic N) is 2. The molecule has 0 saturated heterocycles. The Morgan fingerprint density at radius 2 is 1.26 bits per heavy atom. The van der Waals surface area contributed by atoms with Crippen LogP contribution in [0.3, 0.4) is 0 Å². The lowest BCUT2D eigenvalue weighted by molar-refractivity contribution is -0.116. The second kappa shape index (κ2) is 19.2. The van der Waals surface area contributed by atoms with E-state index in [1.165, 1.54) is 96.3 Å². The number of hydrogen-bond acceptors (Lipinski definition) is 2. The summed E-state index contributed by atoms with van der Waals surface area (Å²) in [6.45, 7) is 3.67. The molecule has 3 rings (SSSR count). The van der Waals surface area contributed by atoms with Crippen LogP contribution in [0.25, 0.3) is 17.1 Å². The Kier molecular flexibility index (Phi) is 15.1. The van der Waals surface area contributed by atoms with Crippen molar-refractivity contribution in [3.8, 4) is 0 Å². The minimum absolute atomic E-state index is 0.0973. The molecule has 39 heavy (non-hydrogen) atoms. The molecule has 1 aromatic heterocycles. The second-order valence-corrected chi connectivity index (χ2v) is 10.9. The number of carbonyl (C=O) groups excluding carboxylic acids is 1. The van der Waals surface area contributed by atoms with Gasteiger partial charge in [-0.05, 0) is 30.2 Å². The maximum absolute atomic E-state index is 12.4. The van der Waals surface area contributed by atoms with Crippen LogP contribution in [0.2, 0.25) is 0 Å². The molecule has 0 aliphatic rings. The predicted molar refractivity (Wildman–Crippen MR) is 167 cm³/mol. The van der Waals surface area contributed by atoms with Gasteiger partial charge >= 0.3 is 0 Å². The zero-order valence-electron chi connectivity index (χ0n) is 24.4. The number of aromatic nitrogens is 2. The van der Waals surface area contributed by atoms with Gasteiger partial charge in [0, 0.05) is 12.6 Å². The molecule has 1 amide bonds. The lowest BCUT2D eigenvalue weighted by Crippen LogP contribution is -2.22. The first-order valence-electron chi connectivity index (χ1n) is 15.7. The number of fused-ring (bicyclic) bond motifs is 1. The van der Waals surface area contributed by atoms with Gasteiger partial charge in [-0.1, -0.05) is 146 Å². The maximum atomic E-state index is 12.4. The largest absolute Gasteiger partial charge is 0.345 e. The molecule has 0 bridgehead atoms. The van der Waals surface area contributed by atoms with Gasteiger partial charge in [-0.2, -0.15) is 0 Å². The number of carbonyl (C=O) groups is 1. The number of para-hydroxylation sites is 2. The van der Waals surface area contributed by atoms with E-state index < -0.39 is 0 Å². The fourth-order valence-electron chi connectivity index (χ4n) is 5.29. The fraction of sp³-hybridized carbons (Fsp3) is 0.543. The van der Waals surface area contributed by atoms with Gasteiger partial charge in [-0.15, -0.1) is 0 Å². The Hall–Kier alpha value is -2.88. The standard InChI is InChI=1S/C35H51N3O/c1-2-3-4-5-6-7-8-9-10-11-12-13-14-15-16-22-29-38-33-26-21-20-25-32(33)37-34(38)30-36-35(39)28-27-31-23-18-17-19-24-31/h17-21,23-28H,2-16,22,29-30H2,1H3,(H,36,39)/b28-27-. The average molecular weight is 530 g/mol. The van der Waals surface area contributed by atoms with E-state index in [1.54, 1.807) is 6.08 Å². The minimum atomic E-state index is -0.0973. The summed E-state index contributed by atoms with van der Waals surface area (Å²) < 4.78 is 2.29. The Labute approximate surface area is 237 Å². The topological polar surface area (TPSA) is 46.9 Å². The van der Waals surface area contributed by atoms with Crippen LogP contribution in [-0.4, -0.2) is 15.5 Å². The van der Waals surface area contributed by atoms with Crippen molar-refractivity contribution in [2.24, 2.45) is 0 Å². The van der Waals surface area contributed by atoms with Crippen molar-refractivity contribution >= 4 is 23.0 Å². The van der Waals surface area contributed by atoms with Crippen molar-refractivity contribution in [1.82, 2.24) is 14.9 Å². The van der Waals surface area contributed by atoms with Crippen LogP contribution in [0, 0.1) is 0 Å². The number of unbranched alkanes of at least 4 members (excludes halogenated alkanes) is 15. The van der Waals surface area contributed by atoms with Crippen molar-refractivity contribution in [2.45, 2.75) is 123 Å². The summed E-state index contributed by atoms with van der Waals surface area (Å²) in [7, 11) is 0. The fourth-order valence-corrected chi connectivity index (χ4v) is 5.29. The zero-order chi connectivity index (χ0) is 27.4. The third-order valence-electron chi connectivity index (χ3n) is 7.62. The van der Waals surface area contributed by atoms with Crippen molar-refractivity contribution < 1.29 is 4.79 Å². The molecule has 1 heterocycles. The maximum Gasteiger partial charge on any atom is 0.244 e. The molecule has 0 spiro atoms. The van der Waals surface area contributed by atoms with Gasteiger partial charge in [0.25, 0.3) is 0 Å². The summed E-state index contributed by atoms with van der Waals surface area (Å²) in [6, 6.07) is 18.2. The molecule has 0 saturated carbocycles. The van der Waals surface area contributed by atoms with Crippen molar-refractivity contribution in [3.05, 3.63) is 72.1 Å². The molecule has 1 N–H and O–H groups in total. The molecule has 0 radical (unpaired) electrons. The number of amides is 1. The lowest BCUT2D eigenvalue weighted by atomic mass is 10.0. The van der Waals surface area contributed by atoms with E-state index in [0.29, 0.717) is 6.54 Å². The van der Waals surface area contributed by atoms with Gasteiger partial charge in [0.1, 0.15) is 5.82 Å². The number of nitrogens with one attached hydrogen (secondary N) is 1. The first kappa shape index (κ1) is 30.7. The van der Waals surface area contributed by atoms with Crippen LogP contribution in [0.1, 0.15) is 121 Å². The number of benzene rings is 2. The zero-order valence-corrected chi connectivity index (χ0v) is 24.4. The van der Waals surface area contributed by atoms with Gasteiger partial charge < -0.3 is 9.88 Å². The molecule has 0 unspecified atom stereocenters. The predicted octanol–water partition coefficient (Wildman–Crippen LogP) is 9.63. The Morgan fingerprint density at radius 3 is 1.87 bits per heavy atom. The van der Waals surface area contributed by atoms with Gasteiger partial charge in [0.05, 0.1) is 17.6 Å². The van der Waals surface area contributed by atoms with Crippen LogP contribution in [0.15, 0.2) is 60.7 Å². The molecule has 4 nitrogen and oxygen atoms in total. The summed E-state index contributed by atoms with van der Waals surface area (Å²) in [5.74, 6) is 0.832. The minimum Gasteiger partial charge on any atom is -0.345 e. The highest BCUT2D eigenvalue weighted by molar-refractivity contribution is 5.91. The molecule has 2 aromatic carbocycles. The van der Waals surface area contributed by atoms with Crippen LogP contribution in [-0.2, 0) is 17.9 Å². The average Bonchev–Trinajstić information content (AvgIpc) is 3.32. The van der Waals surface area contributed by atoms with Gasteiger partial charge in [0.15, 0.2) is 0 Å². The van der Waals surface area contributed by atoms with E-state index in [-0.39, 0.29) is 5.91 Å². The van der Waals surface area contributed by atoms with Crippen molar-refractivity contribution in [1.29, 1.82) is 0 Å². The third kappa shape index (κ3) is 12.2. The first-order valence-corrected chi connectivity index (χ1v) is 15.7. The number of hydrogen-bond donors (Lipinski definition) is 1. The summed E-state index contributed by atoms with van der Waals surface area (Å²) in [5.41, 5.74) is 3.17. The van der Waals surface area contributed by atoms with Crippen LogP contribution in [0.4, 0.5) is 0 Å². The molecule has 0 aliphatic carbocycles. The summed E-state index contributed by atoms with van der Waals surface area (Å²) in [5, 5.41) is 3.02. The number of imidazole rings is 1. The number of rotatable bonds is 21. The van der Waals surface area contributed by atoms with Gasteiger partial charge in [0.2, 0.25) is 5.91 Å². The van der Waals surface area contributed by atoms with Crippen molar-refractivity contribution in [2.75, 3.05) is 0 Å². The monoisotopic (exact) mass is 529 g/mol. The van der Waals surface area contributed by atoms with E-state index in [9.17, 15) is 4.79 Å². The summed E-state index contributed by atoms with van der Waals surface area (Å²) in [4.78, 5) is 17.2. The number of aryl methyl sites for hydroxylation is 1. The summed E-state index contributed by atoms with van der Waals surface area (Å²) >= 11 is 0. The quantitative estimate of drug-likeness (QED) is 0.110. The molecule has 4 heteroatoms. The normalized spacial score (nSPS) is 11.5. The highest BCUT2D eigenvalue weighted by atomic mass is 16.1. The Balaban J connectivity index is 1.29. The van der Waals surface area contributed by atoms with Crippen LogP contribution < -0.4 is 5.32 Å². The molecular weight excluding hydrogens is 478 g/mol. The van der Waals surface area contributed by atoms with Gasteiger partial charge in [-0.25, -0.2) is 4.98 Å². The SMILES string of the molecule is CCCCCCCCCCCCCCCCCCn1c(CNC(=O)/C=C\c2ccccc2)nc2ccccc21. The van der Waals surface area contributed by atoms with E-state index in [1.807, 2.05) is 42.5 Å².